The summed E-state index contributed by atoms with van der Waals surface area (Å²) in [6.07, 6.45) is 3.29. The topological polar surface area (TPSA) is 128 Å². The number of hydrogen-bond acceptors (Lipinski definition) is 8. The lowest BCUT2D eigenvalue weighted by Crippen LogP contribution is -2.49. The molecule has 1 aromatic carbocycles. The molecule has 3 heterocycles. The van der Waals surface area contributed by atoms with Crippen LogP contribution < -0.4 is 15.4 Å². The standard InChI is InChI=1S/C21H20N6O3/c1-30-20-16(8-18(25-26-20)17-10-23-21(29)24-19(17)28)15-6-7-27(12-15)11-14-4-2-13(9-22)3-5-14/h2-8,10,12,19,21,23-24,28-29H,11H2,1H3. The Morgan fingerprint density at radius 2 is 2.00 bits per heavy atom. The zero-order valence-electron chi connectivity index (χ0n) is 16.1. The summed E-state index contributed by atoms with van der Waals surface area (Å²) in [7, 11) is 1.52. The van der Waals surface area contributed by atoms with Crippen molar-refractivity contribution in [3.05, 3.63) is 71.8 Å². The zero-order chi connectivity index (χ0) is 21.1. The SMILES string of the molecule is COc1nnc(C2=CNC(O)NC2O)cc1-c1ccn(Cc2ccc(C#N)cc2)c1. The Morgan fingerprint density at radius 1 is 1.20 bits per heavy atom. The lowest BCUT2D eigenvalue weighted by molar-refractivity contribution is 0.0482. The van der Waals surface area contributed by atoms with Gasteiger partial charge in [-0.2, -0.15) is 5.26 Å². The van der Waals surface area contributed by atoms with Crippen LogP contribution in [-0.2, 0) is 6.54 Å². The lowest BCUT2D eigenvalue weighted by Gasteiger charge is -2.25. The van der Waals surface area contributed by atoms with Gasteiger partial charge in [0.05, 0.1) is 24.4 Å². The number of hydrogen-bond donors (Lipinski definition) is 4. The second-order valence-corrected chi connectivity index (χ2v) is 6.77. The highest BCUT2D eigenvalue weighted by atomic mass is 16.5. The van der Waals surface area contributed by atoms with Gasteiger partial charge in [0.25, 0.3) is 0 Å². The summed E-state index contributed by atoms with van der Waals surface area (Å²) in [6.45, 7) is 0.648. The Morgan fingerprint density at radius 3 is 2.70 bits per heavy atom. The van der Waals surface area contributed by atoms with E-state index in [4.69, 9.17) is 10.00 Å². The number of aliphatic hydroxyl groups is 2. The van der Waals surface area contributed by atoms with Gasteiger partial charge in [-0.1, -0.05) is 12.1 Å². The minimum Gasteiger partial charge on any atom is -0.479 e. The van der Waals surface area contributed by atoms with Crippen LogP contribution in [0.4, 0.5) is 0 Å². The van der Waals surface area contributed by atoms with Crippen molar-refractivity contribution in [3.63, 3.8) is 0 Å². The van der Waals surface area contributed by atoms with E-state index in [0.717, 1.165) is 16.7 Å². The molecule has 9 heteroatoms. The number of ether oxygens (including phenoxy) is 1. The van der Waals surface area contributed by atoms with Gasteiger partial charge in [0.15, 0.2) is 6.35 Å². The normalized spacial score (nSPS) is 18.3. The molecule has 152 valence electrons. The van der Waals surface area contributed by atoms with Gasteiger partial charge < -0.3 is 24.8 Å². The number of aliphatic hydroxyl groups excluding tert-OH is 2. The minimum atomic E-state index is -1.09. The van der Waals surface area contributed by atoms with Crippen LogP contribution in [0.15, 0.2) is 55.0 Å². The van der Waals surface area contributed by atoms with Crippen molar-refractivity contribution in [3.8, 4) is 23.1 Å². The summed E-state index contributed by atoms with van der Waals surface area (Å²) in [5.41, 5.74) is 4.20. The molecule has 2 aromatic heterocycles. The van der Waals surface area contributed by atoms with Gasteiger partial charge in [-0.15, -0.1) is 10.2 Å². The van der Waals surface area contributed by atoms with Crippen LogP contribution >= 0.6 is 0 Å². The monoisotopic (exact) mass is 404 g/mol. The van der Waals surface area contributed by atoms with Crippen molar-refractivity contribution in [2.75, 3.05) is 7.11 Å². The molecule has 0 fully saturated rings. The third-order valence-corrected chi connectivity index (χ3v) is 4.77. The summed E-state index contributed by atoms with van der Waals surface area (Å²) in [5, 5.41) is 42.1. The molecule has 0 bridgehead atoms. The highest BCUT2D eigenvalue weighted by molar-refractivity contribution is 5.74. The van der Waals surface area contributed by atoms with Crippen LogP contribution in [0.1, 0.15) is 16.8 Å². The van der Waals surface area contributed by atoms with E-state index in [1.54, 1.807) is 18.2 Å². The van der Waals surface area contributed by atoms with Gasteiger partial charge in [0.2, 0.25) is 5.88 Å². The molecule has 2 unspecified atom stereocenters. The molecule has 0 saturated carbocycles. The molecule has 9 nitrogen and oxygen atoms in total. The summed E-state index contributed by atoms with van der Waals surface area (Å²) in [4.78, 5) is 0. The van der Waals surface area contributed by atoms with Gasteiger partial charge in [-0.05, 0) is 29.8 Å². The van der Waals surface area contributed by atoms with E-state index < -0.39 is 12.6 Å². The largest absolute Gasteiger partial charge is 0.479 e. The molecule has 0 aliphatic carbocycles. The molecule has 3 aromatic rings. The molecular formula is C21H20N6O3. The fourth-order valence-electron chi connectivity index (χ4n) is 3.22. The predicted octanol–water partition coefficient (Wildman–Crippen LogP) is 1.00. The number of nitrogens with one attached hydrogen (secondary N) is 2. The molecule has 4 rings (SSSR count). The van der Waals surface area contributed by atoms with E-state index in [1.165, 1.54) is 13.3 Å². The van der Waals surface area contributed by atoms with Gasteiger partial charge in [0.1, 0.15) is 6.23 Å². The van der Waals surface area contributed by atoms with E-state index in [9.17, 15) is 10.2 Å². The average Bonchev–Trinajstić information content (AvgIpc) is 3.22. The fraction of sp³-hybridized carbons (Fsp3) is 0.190. The second-order valence-electron chi connectivity index (χ2n) is 6.77. The molecule has 2 atom stereocenters. The van der Waals surface area contributed by atoms with Crippen molar-refractivity contribution in [1.29, 1.82) is 5.26 Å². The first-order chi connectivity index (χ1) is 14.6. The van der Waals surface area contributed by atoms with E-state index in [0.29, 0.717) is 29.3 Å². The number of aromatic nitrogens is 3. The Bertz CT molecular complexity index is 1120. The van der Waals surface area contributed by atoms with Crippen molar-refractivity contribution < 1.29 is 14.9 Å². The van der Waals surface area contributed by atoms with Gasteiger partial charge in [-0.3, -0.25) is 0 Å². The number of nitriles is 1. The Hall–Kier alpha value is -3.71. The third-order valence-electron chi connectivity index (χ3n) is 4.77. The molecule has 0 radical (unpaired) electrons. The number of methoxy groups -OCH3 is 1. The van der Waals surface area contributed by atoms with E-state index in [2.05, 4.69) is 26.9 Å². The smallest absolute Gasteiger partial charge is 0.241 e. The molecule has 0 amide bonds. The Kier molecular flexibility index (Phi) is 5.45. The van der Waals surface area contributed by atoms with Gasteiger partial charge in [-0.25, -0.2) is 5.32 Å². The molecule has 0 saturated heterocycles. The first-order valence-electron chi connectivity index (χ1n) is 9.23. The summed E-state index contributed by atoms with van der Waals surface area (Å²) in [5.74, 6) is 0.363. The van der Waals surface area contributed by atoms with Crippen molar-refractivity contribution in [2.24, 2.45) is 0 Å². The average molecular weight is 404 g/mol. The highest BCUT2D eigenvalue weighted by Gasteiger charge is 2.23. The van der Waals surface area contributed by atoms with Crippen LogP contribution in [0.5, 0.6) is 5.88 Å². The summed E-state index contributed by atoms with van der Waals surface area (Å²) >= 11 is 0. The maximum atomic E-state index is 10.2. The Labute approximate surface area is 172 Å². The molecule has 30 heavy (non-hydrogen) atoms. The quantitative estimate of drug-likeness (QED) is 0.496. The van der Waals surface area contributed by atoms with Crippen LogP contribution in [0.2, 0.25) is 0 Å². The first-order valence-corrected chi connectivity index (χ1v) is 9.23. The summed E-state index contributed by atoms with van der Waals surface area (Å²) in [6, 6.07) is 13.3. The second kappa shape index (κ2) is 8.34. The van der Waals surface area contributed by atoms with Crippen LogP contribution in [0, 0.1) is 11.3 Å². The maximum Gasteiger partial charge on any atom is 0.241 e. The van der Waals surface area contributed by atoms with Crippen LogP contribution in [-0.4, -0.2) is 44.7 Å². The molecule has 1 aliphatic rings. The van der Waals surface area contributed by atoms with E-state index >= 15 is 0 Å². The van der Waals surface area contributed by atoms with E-state index in [1.807, 2.05) is 35.2 Å². The molecular weight excluding hydrogens is 384 g/mol. The molecule has 4 N–H and O–H groups in total. The lowest BCUT2D eigenvalue weighted by atomic mass is 10.1. The Balaban J connectivity index is 1.62. The fourth-order valence-corrected chi connectivity index (χ4v) is 3.22. The van der Waals surface area contributed by atoms with Crippen molar-refractivity contribution >= 4 is 5.57 Å². The van der Waals surface area contributed by atoms with Crippen LogP contribution in [0.25, 0.3) is 16.7 Å². The van der Waals surface area contributed by atoms with Crippen molar-refractivity contribution in [2.45, 2.75) is 19.1 Å². The minimum absolute atomic E-state index is 0.363. The number of nitrogens with zero attached hydrogens (tertiary/aromatic N) is 4. The molecule has 1 aliphatic heterocycles. The zero-order valence-corrected chi connectivity index (χ0v) is 16.1. The molecule has 0 spiro atoms. The number of rotatable bonds is 5. The highest BCUT2D eigenvalue weighted by Crippen LogP contribution is 2.31. The van der Waals surface area contributed by atoms with Gasteiger partial charge in [0, 0.05) is 41.8 Å². The number of benzene rings is 1. The summed E-state index contributed by atoms with van der Waals surface area (Å²) < 4.78 is 7.39. The first kappa shape index (κ1) is 19.6. The van der Waals surface area contributed by atoms with Crippen LogP contribution in [0.3, 0.4) is 0 Å². The predicted molar refractivity (Wildman–Crippen MR) is 109 cm³/mol. The van der Waals surface area contributed by atoms with E-state index in [-0.39, 0.29) is 0 Å². The maximum absolute atomic E-state index is 10.2. The van der Waals surface area contributed by atoms with Gasteiger partial charge >= 0.3 is 0 Å². The van der Waals surface area contributed by atoms with Crippen molar-refractivity contribution in [1.82, 2.24) is 25.4 Å². The third kappa shape index (κ3) is 4.01.